The second kappa shape index (κ2) is 21.2. The summed E-state index contributed by atoms with van der Waals surface area (Å²) in [5, 5.41) is 5.34. The molecule has 15 rings (SSSR count). The molecule has 0 amide bonds. The Morgan fingerprint density at radius 3 is 1.46 bits per heavy atom. The van der Waals surface area contributed by atoms with Gasteiger partial charge in [-0.05, 0) is 169 Å². The fourth-order valence-electron chi connectivity index (χ4n) is 13.4. The van der Waals surface area contributed by atoms with E-state index < -0.39 is 0 Å². The minimum atomic E-state index is -0.0634. The SMILES string of the molecule is CC(C)(C)c1ccc(N(c2ccc(C(C)(C)C)cc2)c2ccc3c(c2)Sc2cc(-c4ccc5c(c4)sc4c(-c6cc(C(C)(C)C)cc(C(C)(C)C)c6)cc6sc7ccccc7c6c45)cc4c2B3c2ccc(N(c3ccccc3)c3ccccc3)cc2O4)cc1. The summed E-state index contributed by atoms with van der Waals surface area (Å²) in [6.07, 6.45) is 0. The van der Waals surface area contributed by atoms with E-state index >= 15 is 0 Å². The fraction of sp³-hybridized carbons (Fsp3) is 0.195. The highest BCUT2D eigenvalue weighted by Crippen LogP contribution is 2.52. The van der Waals surface area contributed by atoms with E-state index in [1.54, 1.807) is 0 Å². The van der Waals surface area contributed by atoms with E-state index in [2.05, 4.69) is 317 Å². The molecule has 11 aromatic carbocycles. The van der Waals surface area contributed by atoms with Crippen molar-refractivity contribution in [3.8, 4) is 33.8 Å². The number of nitrogens with zero attached hydrogens (tertiary/aromatic N) is 2. The van der Waals surface area contributed by atoms with Gasteiger partial charge in [0.2, 0.25) is 0 Å². The Morgan fingerprint density at radius 1 is 0.337 bits per heavy atom. The Bertz CT molecular complexity index is 4810. The van der Waals surface area contributed by atoms with Gasteiger partial charge in [-0.1, -0.05) is 222 Å². The Labute approximate surface area is 537 Å². The van der Waals surface area contributed by atoms with Crippen LogP contribution in [0.15, 0.2) is 234 Å². The number of benzene rings is 11. The molecular formula is C82H73BN2OS3. The van der Waals surface area contributed by atoms with Crippen LogP contribution < -0.4 is 30.9 Å². The third-order valence-electron chi connectivity index (χ3n) is 18.4. The quantitative estimate of drug-likeness (QED) is 0.141. The molecule has 0 unspecified atom stereocenters. The number of para-hydroxylation sites is 2. The minimum Gasteiger partial charge on any atom is -0.458 e. The third-order valence-corrected chi connectivity index (χ3v) is 21.8. The molecule has 0 aliphatic carbocycles. The maximum Gasteiger partial charge on any atom is 0.253 e. The molecule has 0 spiro atoms. The average Bonchev–Trinajstić information content (AvgIpc) is 1.73. The van der Waals surface area contributed by atoms with Gasteiger partial charge in [-0.15, -0.1) is 22.7 Å². The standard InChI is InChI=1S/C82H73BN2OS3/c1-79(2,3)53-28-32-59(33-29-53)85(60-34-30-54(31-35-60)80(4,5)6)62-37-40-67-72(48-62)88-74-45-51(43-69-77(74)83(67)66-39-36-61(47-68(66)86-69)84(57-21-15-13-16-22-57)58-23-17-14-18-24-58)50-27-38-64-71(44-50)89-78-65(49-73-75(76(64)78)63-25-19-20-26-70(63)87-73)52-41-55(81(7,8)9)46-56(42-52)82(10,11)12/h13-49H,1-12H3. The van der Waals surface area contributed by atoms with E-state index in [0.29, 0.717) is 0 Å². The van der Waals surface area contributed by atoms with Crippen LogP contribution in [-0.2, 0) is 21.7 Å². The van der Waals surface area contributed by atoms with Gasteiger partial charge in [-0.25, -0.2) is 0 Å². The molecule has 89 heavy (non-hydrogen) atoms. The molecule has 0 saturated heterocycles. The van der Waals surface area contributed by atoms with Gasteiger partial charge in [0.25, 0.3) is 6.71 Å². The number of hydrogen-bond acceptors (Lipinski definition) is 6. The number of thiophene rings is 2. The van der Waals surface area contributed by atoms with E-state index in [-0.39, 0.29) is 28.4 Å². The number of anilines is 6. The minimum absolute atomic E-state index is 0.0142. The first-order valence-corrected chi connectivity index (χ1v) is 33.8. The smallest absolute Gasteiger partial charge is 0.253 e. The summed E-state index contributed by atoms with van der Waals surface area (Å²) in [5.74, 6) is 1.77. The molecule has 4 heterocycles. The van der Waals surface area contributed by atoms with Crippen molar-refractivity contribution in [3.05, 3.63) is 247 Å². The lowest BCUT2D eigenvalue weighted by Gasteiger charge is -2.35. The highest BCUT2D eigenvalue weighted by atomic mass is 32.2. The molecule has 0 saturated carbocycles. The Morgan fingerprint density at radius 2 is 0.865 bits per heavy atom. The summed E-state index contributed by atoms with van der Waals surface area (Å²) in [6.45, 7) is 27.7. The molecule has 0 radical (unpaired) electrons. The second-order valence-corrected chi connectivity index (χ2v) is 31.8. The zero-order valence-corrected chi connectivity index (χ0v) is 55.4. The second-order valence-electron chi connectivity index (χ2n) is 28.6. The maximum atomic E-state index is 7.41. The summed E-state index contributed by atoms with van der Waals surface area (Å²) in [6, 6.07) is 84.7. The predicted octanol–water partition coefficient (Wildman–Crippen LogP) is 23.0. The first kappa shape index (κ1) is 57.1. The number of hydrogen-bond donors (Lipinski definition) is 0. The molecule has 2 aliphatic rings. The van der Waals surface area contributed by atoms with Crippen LogP contribution in [0.3, 0.4) is 0 Å². The highest BCUT2D eigenvalue weighted by Gasteiger charge is 2.40. The van der Waals surface area contributed by atoms with Gasteiger partial charge in [-0.2, -0.15) is 0 Å². The molecule has 0 atom stereocenters. The van der Waals surface area contributed by atoms with Crippen LogP contribution in [0, 0.1) is 0 Å². The third kappa shape index (κ3) is 10.1. The van der Waals surface area contributed by atoms with Gasteiger partial charge in [0.1, 0.15) is 11.5 Å². The van der Waals surface area contributed by atoms with E-state index in [1.165, 1.54) is 100 Å². The van der Waals surface area contributed by atoms with Crippen LogP contribution in [0.5, 0.6) is 11.5 Å². The summed E-state index contributed by atoms with van der Waals surface area (Å²) < 4.78 is 12.7. The van der Waals surface area contributed by atoms with Gasteiger partial charge in [-0.3, -0.25) is 0 Å². The van der Waals surface area contributed by atoms with Gasteiger partial charge >= 0.3 is 0 Å². The van der Waals surface area contributed by atoms with Crippen LogP contribution >= 0.6 is 34.4 Å². The van der Waals surface area contributed by atoms with Gasteiger partial charge in [0, 0.05) is 95.9 Å². The van der Waals surface area contributed by atoms with Crippen molar-refractivity contribution in [2.75, 3.05) is 9.80 Å². The van der Waals surface area contributed by atoms with Crippen molar-refractivity contribution in [1.29, 1.82) is 0 Å². The van der Waals surface area contributed by atoms with Gasteiger partial charge < -0.3 is 14.5 Å². The van der Waals surface area contributed by atoms with Crippen molar-refractivity contribution in [3.63, 3.8) is 0 Å². The number of ether oxygens (including phenoxy) is 1. The van der Waals surface area contributed by atoms with E-state index in [4.69, 9.17) is 4.74 Å². The molecule has 3 nitrogen and oxygen atoms in total. The highest BCUT2D eigenvalue weighted by molar-refractivity contribution is 8.00. The molecule has 438 valence electrons. The summed E-state index contributed by atoms with van der Waals surface area (Å²) >= 11 is 5.73. The number of fused-ring (bicyclic) bond motifs is 11. The fourth-order valence-corrected chi connectivity index (χ4v) is 17.1. The van der Waals surface area contributed by atoms with Crippen molar-refractivity contribution in [1.82, 2.24) is 0 Å². The van der Waals surface area contributed by atoms with Crippen LogP contribution in [0.2, 0.25) is 0 Å². The van der Waals surface area contributed by atoms with Crippen molar-refractivity contribution in [2.24, 2.45) is 0 Å². The zero-order chi connectivity index (χ0) is 61.5. The van der Waals surface area contributed by atoms with E-state index in [0.717, 1.165) is 56.6 Å². The average molecular weight is 1210 g/mol. The Hall–Kier alpha value is -8.33. The molecule has 2 aromatic heterocycles. The van der Waals surface area contributed by atoms with Crippen molar-refractivity contribution < 1.29 is 4.74 Å². The summed E-state index contributed by atoms with van der Waals surface area (Å²) in [7, 11) is 0. The topological polar surface area (TPSA) is 15.7 Å². The first-order valence-electron chi connectivity index (χ1n) is 31.3. The Kier molecular flexibility index (Phi) is 13.6. The lowest BCUT2D eigenvalue weighted by Crippen LogP contribution is -2.57. The lowest BCUT2D eigenvalue weighted by atomic mass is 9.35. The molecule has 0 bridgehead atoms. The van der Waals surface area contributed by atoms with Crippen molar-refractivity contribution >= 4 is 132 Å². The molecule has 0 fully saturated rings. The van der Waals surface area contributed by atoms with Crippen LogP contribution in [-0.4, -0.2) is 6.71 Å². The van der Waals surface area contributed by atoms with Gasteiger partial charge in [0.05, 0.1) is 0 Å². The van der Waals surface area contributed by atoms with Gasteiger partial charge in [0.15, 0.2) is 0 Å². The first-order chi connectivity index (χ1) is 42.6. The molecule has 0 N–H and O–H groups in total. The summed E-state index contributed by atoms with van der Waals surface area (Å²) in [4.78, 5) is 7.22. The molecule has 2 aliphatic heterocycles. The van der Waals surface area contributed by atoms with E-state index in [9.17, 15) is 0 Å². The molecule has 7 heteroatoms. The Balaban J connectivity index is 0.917. The van der Waals surface area contributed by atoms with Crippen LogP contribution in [0.1, 0.15) is 105 Å². The van der Waals surface area contributed by atoms with Crippen LogP contribution in [0.25, 0.3) is 62.6 Å². The van der Waals surface area contributed by atoms with E-state index in [1.807, 2.05) is 34.4 Å². The van der Waals surface area contributed by atoms with Crippen molar-refractivity contribution in [2.45, 2.75) is 115 Å². The largest absolute Gasteiger partial charge is 0.458 e. The summed E-state index contributed by atoms with van der Waals surface area (Å²) in [5.41, 5.74) is 20.5. The number of rotatable bonds is 8. The normalized spacial score (nSPS) is 13.2. The zero-order valence-electron chi connectivity index (χ0n) is 53.0. The lowest BCUT2D eigenvalue weighted by molar-refractivity contribution is 0.486. The monoisotopic (exact) mass is 1210 g/mol. The predicted molar refractivity (Wildman–Crippen MR) is 389 cm³/mol. The molecule has 13 aromatic rings. The maximum absolute atomic E-state index is 7.41. The molecular weight excluding hydrogens is 1140 g/mol. The van der Waals surface area contributed by atoms with Crippen LogP contribution in [0.4, 0.5) is 34.1 Å².